The fourth-order valence-electron chi connectivity index (χ4n) is 2.77. The van der Waals surface area contributed by atoms with Gasteiger partial charge in [-0.25, -0.2) is 0 Å². The Kier molecular flexibility index (Phi) is 3.53. The van der Waals surface area contributed by atoms with Crippen LogP contribution in [0.25, 0.3) is 0 Å². The molecule has 2 aliphatic carbocycles. The highest BCUT2D eigenvalue weighted by Crippen LogP contribution is 2.41. The summed E-state index contributed by atoms with van der Waals surface area (Å²) >= 11 is 0. The average Bonchev–Trinajstić information content (AvgIpc) is 2.14. The lowest BCUT2D eigenvalue weighted by atomic mass is 9.68. The molecule has 1 amide bonds. The van der Waals surface area contributed by atoms with Crippen LogP contribution >= 0.6 is 0 Å². The van der Waals surface area contributed by atoms with Crippen molar-refractivity contribution in [1.82, 2.24) is 4.90 Å². The molecule has 92 valence electrons. The molecule has 2 saturated carbocycles. The fraction of sp³-hybridized carbons (Fsp3) is 0.923. The maximum atomic E-state index is 12.2. The van der Waals surface area contributed by atoms with E-state index in [9.17, 15) is 4.79 Å². The maximum absolute atomic E-state index is 12.2. The van der Waals surface area contributed by atoms with Crippen LogP contribution in [-0.2, 0) is 4.79 Å². The smallest absolute Gasteiger partial charge is 0.229 e. The van der Waals surface area contributed by atoms with E-state index in [4.69, 9.17) is 5.73 Å². The highest BCUT2D eigenvalue weighted by atomic mass is 16.2. The Balaban J connectivity index is 1.78. The molecule has 16 heavy (non-hydrogen) atoms. The van der Waals surface area contributed by atoms with Gasteiger partial charge in [-0.15, -0.1) is 0 Å². The van der Waals surface area contributed by atoms with Crippen molar-refractivity contribution in [2.45, 2.75) is 44.9 Å². The van der Waals surface area contributed by atoms with E-state index < -0.39 is 0 Å². The van der Waals surface area contributed by atoms with Crippen LogP contribution in [0.2, 0.25) is 0 Å². The Morgan fingerprint density at radius 2 is 2.06 bits per heavy atom. The normalized spacial score (nSPS) is 23.4. The predicted octanol–water partition coefficient (Wildman–Crippen LogP) is 1.76. The number of hydrogen-bond acceptors (Lipinski definition) is 2. The lowest BCUT2D eigenvalue weighted by molar-refractivity contribution is -0.145. The van der Waals surface area contributed by atoms with Crippen LogP contribution in [0.5, 0.6) is 0 Å². The van der Waals surface area contributed by atoms with Gasteiger partial charge in [0.1, 0.15) is 0 Å². The molecule has 0 radical (unpaired) electrons. The Hall–Kier alpha value is -0.570. The lowest BCUT2D eigenvalue weighted by Gasteiger charge is -2.42. The minimum atomic E-state index is -0.186. The van der Waals surface area contributed by atoms with E-state index in [0.717, 1.165) is 25.3 Å². The standard InChI is InChI=1S/C13H24N2O/c1-15(9-6-11-4-2-5-11)12(16)13(10-14)7-3-8-13/h11H,2-10,14H2,1H3. The number of carbonyl (C=O) groups is 1. The van der Waals surface area contributed by atoms with Gasteiger partial charge >= 0.3 is 0 Å². The van der Waals surface area contributed by atoms with Crippen LogP contribution in [0.1, 0.15) is 44.9 Å². The molecule has 0 saturated heterocycles. The molecule has 0 bridgehead atoms. The first kappa shape index (κ1) is 11.9. The van der Waals surface area contributed by atoms with Gasteiger partial charge < -0.3 is 10.6 Å². The van der Waals surface area contributed by atoms with Gasteiger partial charge in [0.2, 0.25) is 5.91 Å². The van der Waals surface area contributed by atoms with Crippen molar-refractivity contribution in [1.29, 1.82) is 0 Å². The Morgan fingerprint density at radius 3 is 2.44 bits per heavy atom. The molecule has 2 rings (SSSR count). The van der Waals surface area contributed by atoms with Crippen LogP contribution in [-0.4, -0.2) is 30.9 Å². The zero-order chi connectivity index (χ0) is 11.6. The topological polar surface area (TPSA) is 46.3 Å². The van der Waals surface area contributed by atoms with Crippen molar-refractivity contribution in [3.63, 3.8) is 0 Å². The third kappa shape index (κ3) is 2.10. The summed E-state index contributed by atoms with van der Waals surface area (Å²) in [7, 11) is 1.94. The molecule has 2 N–H and O–H groups in total. The Labute approximate surface area is 98.4 Å². The third-order valence-corrected chi connectivity index (χ3v) is 4.60. The van der Waals surface area contributed by atoms with Crippen molar-refractivity contribution < 1.29 is 4.79 Å². The van der Waals surface area contributed by atoms with Crippen LogP contribution < -0.4 is 5.73 Å². The molecule has 0 unspecified atom stereocenters. The third-order valence-electron chi connectivity index (χ3n) is 4.60. The quantitative estimate of drug-likeness (QED) is 0.773. The first-order valence-corrected chi connectivity index (χ1v) is 6.63. The van der Waals surface area contributed by atoms with Gasteiger partial charge in [-0.3, -0.25) is 4.79 Å². The number of nitrogens with zero attached hydrogens (tertiary/aromatic N) is 1. The van der Waals surface area contributed by atoms with Crippen molar-refractivity contribution in [3.05, 3.63) is 0 Å². The summed E-state index contributed by atoms with van der Waals surface area (Å²) in [6, 6.07) is 0. The van der Waals surface area contributed by atoms with Crippen molar-refractivity contribution in [3.8, 4) is 0 Å². The van der Waals surface area contributed by atoms with Gasteiger partial charge in [-0.05, 0) is 25.2 Å². The summed E-state index contributed by atoms with van der Waals surface area (Å²) in [5.41, 5.74) is 5.57. The van der Waals surface area contributed by atoms with Crippen LogP contribution in [0.4, 0.5) is 0 Å². The summed E-state index contributed by atoms with van der Waals surface area (Å²) in [5.74, 6) is 1.17. The van der Waals surface area contributed by atoms with E-state index in [1.807, 2.05) is 11.9 Å². The number of rotatable bonds is 5. The Morgan fingerprint density at radius 1 is 1.38 bits per heavy atom. The molecule has 2 fully saturated rings. The zero-order valence-corrected chi connectivity index (χ0v) is 10.4. The van der Waals surface area contributed by atoms with Crippen LogP contribution in [0.3, 0.4) is 0 Å². The molecule has 3 nitrogen and oxygen atoms in total. The van der Waals surface area contributed by atoms with E-state index in [1.54, 1.807) is 0 Å². The summed E-state index contributed by atoms with van der Waals surface area (Å²) in [6.07, 6.45) is 8.46. The predicted molar refractivity (Wildman–Crippen MR) is 64.9 cm³/mol. The van der Waals surface area contributed by atoms with Gasteiger partial charge in [-0.2, -0.15) is 0 Å². The zero-order valence-electron chi connectivity index (χ0n) is 10.4. The van der Waals surface area contributed by atoms with Crippen molar-refractivity contribution >= 4 is 5.91 Å². The molecular weight excluding hydrogens is 200 g/mol. The molecule has 0 aromatic heterocycles. The largest absolute Gasteiger partial charge is 0.345 e. The fourth-order valence-corrected chi connectivity index (χ4v) is 2.77. The Bertz CT molecular complexity index is 251. The number of amides is 1. The average molecular weight is 224 g/mol. The molecule has 0 aromatic rings. The van der Waals surface area contributed by atoms with Gasteiger partial charge in [0.15, 0.2) is 0 Å². The first-order valence-electron chi connectivity index (χ1n) is 6.63. The molecule has 0 aliphatic heterocycles. The van der Waals surface area contributed by atoms with Gasteiger partial charge in [-0.1, -0.05) is 25.7 Å². The SMILES string of the molecule is CN(CCC1CCC1)C(=O)C1(CN)CCC1. The molecule has 0 heterocycles. The second-order valence-corrected chi connectivity index (χ2v) is 5.65. The van der Waals surface area contributed by atoms with E-state index >= 15 is 0 Å². The van der Waals surface area contributed by atoms with Crippen LogP contribution in [0.15, 0.2) is 0 Å². The van der Waals surface area contributed by atoms with E-state index in [-0.39, 0.29) is 5.41 Å². The van der Waals surface area contributed by atoms with Crippen LogP contribution in [0, 0.1) is 11.3 Å². The summed E-state index contributed by atoms with van der Waals surface area (Å²) in [4.78, 5) is 14.2. The maximum Gasteiger partial charge on any atom is 0.229 e. The van der Waals surface area contributed by atoms with Crippen molar-refractivity contribution in [2.75, 3.05) is 20.1 Å². The highest BCUT2D eigenvalue weighted by molar-refractivity contribution is 5.83. The summed E-state index contributed by atoms with van der Waals surface area (Å²) in [6.45, 7) is 1.45. The van der Waals surface area contributed by atoms with Gasteiger partial charge in [0.25, 0.3) is 0 Å². The number of nitrogens with two attached hydrogens (primary N) is 1. The van der Waals surface area contributed by atoms with E-state index in [0.29, 0.717) is 12.5 Å². The number of carbonyl (C=O) groups excluding carboxylic acids is 1. The van der Waals surface area contributed by atoms with Gasteiger partial charge in [0.05, 0.1) is 5.41 Å². The lowest BCUT2D eigenvalue weighted by Crippen LogP contribution is -2.51. The minimum absolute atomic E-state index is 0.186. The van der Waals surface area contributed by atoms with E-state index in [1.165, 1.54) is 32.1 Å². The summed E-state index contributed by atoms with van der Waals surface area (Å²) in [5, 5.41) is 0. The summed E-state index contributed by atoms with van der Waals surface area (Å²) < 4.78 is 0. The monoisotopic (exact) mass is 224 g/mol. The minimum Gasteiger partial charge on any atom is -0.345 e. The highest BCUT2D eigenvalue weighted by Gasteiger charge is 2.44. The second kappa shape index (κ2) is 4.74. The molecule has 2 aliphatic rings. The van der Waals surface area contributed by atoms with E-state index in [2.05, 4.69) is 0 Å². The molecular formula is C13H24N2O. The number of hydrogen-bond donors (Lipinski definition) is 1. The second-order valence-electron chi connectivity index (χ2n) is 5.65. The van der Waals surface area contributed by atoms with Gasteiger partial charge in [0, 0.05) is 20.1 Å². The first-order chi connectivity index (χ1) is 7.68. The molecule has 0 atom stereocenters. The van der Waals surface area contributed by atoms with Crippen molar-refractivity contribution in [2.24, 2.45) is 17.1 Å². The molecule has 0 spiro atoms. The molecule has 3 heteroatoms. The molecule has 0 aromatic carbocycles.